The molecule has 2 atom stereocenters. The van der Waals surface area contributed by atoms with Gasteiger partial charge in [0.2, 0.25) is 5.91 Å². The molecule has 0 spiro atoms. The van der Waals surface area contributed by atoms with Gasteiger partial charge in [-0.3, -0.25) is 4.79 Å². The molecule has 1 heterocycles. The molecule has 2 rings (SSSR count). The molecule has 14 heavy (non-hydrogen) atoms. The lowest BCUT2D eigenvalue weighted by Gasteiger charge is -2.23. The Balaban J connectivity index is 1.77. The monoisotopic (exact) mass is 236 g/mol. The summed E-state index contributed by atoms with van der Waals surface area (Å²) in [6.07, 6.45) is 2.74. The largest absolute Gasteiger partial charge is 0.352 e. The molecule has 80 valence electrons. The van der Waals surface area contributed by atoms with Crippen molar-refractivity contribution in [2.45, 2.75) is 29.6 Å². The minimum Gasteiger partial charge on any atom is -0.352 e. The molecule has 5 heteroatoms. The molecule has 2 fully saturated rings. The molecular weight excluding hydrogens is 223 g/mol. The van der Waals surface area contributed by atoms with Crippen LogP contribution in [-0.4, -0.2) is 29.4 Å². The van der Waals surface area contributed by atoms with Crippen LogP contribution in [0.25, 0.3) is 0 Å². The van der Waals surface area contributed by atoms with E-state index in [1.54, 1.807) is 0 Å². The molecule has 2 N–H and O–H groups in total. The quantitative estimate of drug-likeness (QED) is 0.705. The number of hydrogen-bond acceptors (Lipinski definition) is 2. The predicted molar refractivity (Wildman–Crippen MR) is 56.6 cm³/mol. The van der Waals surface area contributed by atoms with Gasteiger partial charge in [0, 0.05) is 12.6 Å². The Bertz CT molecular complexity index is 239. The van der Waals surface area contributed by atoms with Gasteiger partial charge >= 0.3 is 0 Å². The van der Waals surface area contributed by atoms with Crippen LogP contribution in [0.1, 0.15) is 19.3 Å². The number of halogens is 2. The Kier molecular flexibility index (Phi) is 2.91. The van der Waals surface area contributed by atoms with Gasteiger partial charge < -0.3 is 10.6 Å². The van der Waals surface area contributed by atoms with E-state index in [1.807, 2.05) is 0 Å². The second kappa shape index (κ2) is 3.87. The normalized spacial score (nSPS) is 35.0. The fourth-order valence-corrected chi connectivity index (χ4v) is 2.28. The average molecular weight is 237 g/mol. The maximum atomic E-state index is 11.6. The van der Waals surface area contributed by atoms with Gasteiger partial charge in [-0.1, -0.05) is 0 Å². The molecule has 1 saturated heterocycles. The van der Waals surface area contributed by atoms with Gasteiger partial charge in [0.1, 0.15) is 4.33 Å². The van der Waals surface area contributed by atoms with Gasteiger partial charge in [-0.25, -0.2) is 0 Å². The van der Waals surface area contributed by atoms with Gasteiger partial charge in [0.25, 0.3) is 0 Å². The topological polar surface area (TPSA) is 41.1 Å². The molecule has 0 unspecified atom stereocenters. The van der Waals surface area contributed by atoms with Crippen LogP contribution in [0.5, 0.6) is 0 Å². The van der Waals surface area contributed by atoms with Gasteiger partial charge in [-0.2, -0.15) is 0 Å². The zero-order valence-electron chi connectivity index (χ0n) is 7.85. The number of hydrogen-bond donors (Lipinski definition) is 2. The lowest BCUT2D eigenvalue weighted by atomic mass is 10.1. The molecule has 0 bridgehead atoms. The molecule has 0 aromatic rings. The average Bonchev–Trinajstić information content (AvgIpc) is 2.77. The fourth-order valence-electron chi connectivity index (χ4n) is 1.77. The Morgan fingerprint density at radius 1 is 1.50 bits per heavy atom. The molecule has 1 saturated carbocycles. The first kappa shape index (κ1) is 10.5. The summed E-state index contributed by atoms with van der Waals surface area (Å²) in [6, 6.07) is 0.251. The molecule has 0 radical (unpaired) electrons. The highest BCUT2D eigenvalue weighted by Gasteiger charge is 2.56. The van der Waals surface area contributed by atoms with Gasteiger partial charge in [-0.15, -0.1) is 23.2 Å². The van der Waals surface area contributed by atoms with Crippen molar-refractivity contribution in [1.29, 1.82) is 0 Å². The van der Waals surface area contributed by atoms with E-state index in [0.29, 0.717) is 6.42 Å². The van der Waals surface area contributed by atoms with Gasteiger partial charge in [0.15, 0.2) is 0 Å². The van der Waals surface area contributed by atoms with Crippen molar-refractivity contribution in [2.75, 3.05) is 13.1 Å². The second-order valence-corrected chi connectivity index (χ2v) is 5.61. The molecular formula is C9H14Cl2N2O. The van der Waals surface area contributed by atoms with E-state index in [4.69, 9.17) is 23.2 Å². The summed E-state index contributed by atoms with van der Waals surface area (Å²) in [5.41, 5.74) is 0. The van der Waals surface area contributed by atoms with Crippen LogP contribution in [0.3, 0.4) is 0 Å². The molecule has 2 aliphatic rings. The summed E-state index contributed by atoms with van der Waals surface area (Å²) >= 11 is 11.6. The molecule has 1 aliphatic heterocycles. The van der Waals surface area contributed by atoms with Crippen molar-refractivity contribution >= 4 is 29.1 Å². The van der Waals surface area contributed by atoms with Crippen molar-refractivity contribution in [3.63, 3.8) is 0 Å². The molecule has 0 aromatic carbocycles. The second-order valence-electron chi connectivity index (χ2n) is 4.07. The standard InChI is InChI=1S/C9H14Cl2N2O/c10-9(11)4-7(9)8(14)13-6-2-1-3-12-5-6/h6-7,12H,1-5H2,(H,13,14)/t6-,7+/m0/s1. The summed E-state index contributed by atoms with van der Waals surface area (Å²) in [5.74, 6) is -0.198. The summed E-state index contributed by atoms with van der Waals surface area (Å²) in [5, 5.41) is 6.21. The van der Waals surface area contributed by atoms with Crippen molar-refractivity contribution in [1.82, 2.24) is 10.6 Å². The number of carbonyl (C=O) groups is 1. The molecule has 1 amide bonds. The summed E-state index contributed by atoms with van der Waals surface area (Å²) < 4.78 is -0.799. The Morgan fingerprint density at radius 2 is 2.21 bits per heavy atom. The summed E-state index contributed by atoms with van der Waals surface area (Å²) in [6.45, 7) is 1.90. The highest BCUT2D eigenvalue weighted by Crippen LogP contribution is 2.53. The first-order chi connectivity index (χ1) is 6.59. The van der Waals surface area contributed by atoms with Crippen molar-refractivity contribution in [2.24, 2.45) is 5.92 Å². The van der Waals surface area contributed by atoms with Crippen molar-refractivity contribution < 1.29 is 4.79 Å². The fraction of sp³-hybridized carbons (Fsp3) is 0.889. The highest BCUT2D eigenvalue weighted by molar-refractivity contribution is 6.52. The van der Waals surface area contributed by atoms with Crippen LogP contribution in [0.15, 0.2) is 0 Å². The number of rotatable bonds is 2. The molecule has 3 nitrogen and oxygen atoms in total. The Labute approximate surface area is 93.5 Å². The van der Waals surface area contributed by atoms with Gasteiger partial charge in [0.05, 0.1) is 5.92 Å². The first-order valence-corrected chi connectivity index (χ1v) is 5.74. The maximum Gasteiger partial charge on any atom is 0.226 e. The van der Waals surface area contributed by atoms with E-state index in [1.165, 1.54) is 0 Å². The first-order valence-electron chi connectivity index (χ1n) is 4.98. The Morgan fingerprint density at radius 3 is 2.71 bits per heavy atom. The van der Waals surface area contributed by atoms with Crippen LogP contribution in [-0.2, 0) is 4.79 Å². The van der Waals surface area contributed by atoms with Crippen molar-refractivity contribution in [3.8, 4) is 0 Å². The maximum absolute atomic E-state index is 11.6. The highest BCUT2D eigenvalue weighted by atomic mass is 35.5. The van der Waals surface area contributed by atoms with Crippen LogP contribution in [0, 0.1) is 5.92 Å². The minimum absolute atomic E-state index is 0.00343. The third kappa shape index (κ3) is 2.33. The third-order valence-corrected chi connectivity index (χ3v) is 3.62. The number of nitrogens with one attached hydrogen (secondary N) is 2. The molecule has 1 aliphatic carbocycles. The van der Waals surface area contributed by atoms with E-state index in [-0.39, 0.29) is 17.9 Å². The number of amides is 1. The van der Waals surface area contributed by atoms with Crippen LogP contribution < -0.4 is 10.6 Å². The van der Waals surface area contributed by atoms with Crippen molar-refractivity contribution in [3.05, 3.63) is 0 Å². The van der Waals surface area contributed by atoms with Crippen LogP contribution in [0.4, 0.5) is 0 Å². The lowest BCUT2D eigenvalue weighted by Crippen LogP contribution is -2.46. The summed E-state index contributed by atoms with van der Waals surface area (Å²) in [7, 11) is 0. The SMILES string of the molecule is O=C(N[C@H]1CCCNC1)[C@H]1CC1(Cl)Cl. The van der Waals surface area contributed by atoms with E-state index in [2.05, 4.69) is 10.6 Å². The van der Waals surface area contributed by atoms with E-state index in [0.717, 1.165) is 25.9 Å². The van der Waals surface area contributed by atoms with Crippen LogP contribution >= 0.6 is 23.2 Å². The number of alkyl halides is 2. The smallest absolute Gasteiger partial charge is 0.226 e. The number of piperidine rings is 1. The lowest BCUT2D eigenvalue weighted by molar-refractivity contribution is -0.123. The zero-order chi connectivity index (χ0) is 10.2. The summed E-state index contributed by atoms with van der Waals surface area (Å²) in [4.78, 5) is 11.6. The molecule has 0 aromatic heterocycles. The minimum atomic E-state index is -0.799. The zero-order valence-corrected chi connectivity index (χ0v) is 9.37. The number of carbonyl (C=O) groups excluding carboxylic acids is 1. The van der Waals surface area contributed by atoms with E-state index in [9.17, 15) is 4.79 Å². The van der Waals surface area contributed by atoms with E-state index >= 15 is 0 Å². The van der Waals surface area contributed by atoms with Gasteiger partial charge in [-0.05, 0) is 25.8 Å². The van der Waals surface area contributed by atoms with Crippen LogP contribution in [0.2, 0.25) is 0 Å². The predicted octanol–water partition coefficient (Wildman–Crippen LogP) is 1.05. The Hall–Kier alpha value is 0.01000. The third-order valence-electron chi connectivity index (χ3n) is 2.79. The van der Waals surface area contributed by atoms with E-state index < -0.39 is 4.33 Å².